The molecule has 0 radical (unpaired) electrons. The first-order chi connectivity index (χ1) is 7.70. The topological polar surface area (TPSA) is 21.3 Å². The fourth-order valence-corrected chi connectivity index (χ4v) is 3.06. The summed E-state index contributed by atoms with van der Waals surface area (Å²) in [6.45, 7) is 3.59. The standard InChI is InChI=1S/C12H15Br2NO.ClH/c1-2-16-12-10(13)5-8(6-11(12)14)7-15-9-3-4-9;/h5-6,9,15H,2-4,7H2,1H3;1H. The maximum atomic E-state index is 5.55. The molecule has 17 heavy (non-hydrogen) atoms. The van der Waals surface area contributed by atoms with Crippen molar-refractivity contribution in [3.05, 3.63) is 26.6 Å². The van der Waals surface area contributed by atoms with Crippen LogP contribution in [0.15, 0.2) is 21.1 Å². The Morgan fingerprint density at radius 3 is 2.35 bits per heavy atom. The molecule has 1 fully saturated rings. The molecule has 96 valence electrons. The van der Waals surface area contributed by atoms with Crippen molar-refractivity contribution in [3.63, 3.8) is 0 Å². The second-order valence-electron chi connectivity index (χ2n) is 3.98. The van der Waals surface area contributed by atoms with E-state index in [9.17, 15) is 0 Å². The molecule has 0 saturated heterocycles. The molecule has 1 aromatic rings. The van der Waals surface area contributed by atoms with E-state index in [0.717, 1.165) is 27.3 Å². The van der Waals surface area contributed by atoms with Crippen LogP contribution in [0.1, 0.15) is 25.3 Å². The van der Waals surface area contributed by atoms with Gasteiger partial charge < -0.3 is 10.1 Å². The number of rotatable bonds is 5. The van der Waals surface area contributed by atoms with Crippen molar-refractivity contribution in [2.24, 2.45) is 0 Å². The normalized spacial score (nSPS) is 14.3. The van der Waals surface area contributed by atoms with E-state index >= 15 is 0 Å². The van der Waals surface area contributed by atoms with Gasteiger partial charge in [0.2, 0.25) is 0 Å². The van der Waals surface area contributed by atoms with Crippen LogP contribution < -0.4 is 10.1 Å². The lowest BCUT2D eigenvalue weighted by Gasteiger charge is -2.11. The Balaban J connectivity index is 0.00000144. The van der Waals surface area contributed by atoms with Gasteiger partial charge in [-0.05, 0) is 69.3 Å². The van der Waals surface area contributed by atoms with E-state index in [4.69, 9.17) is 4.74 Å². The summed E-state index contributed by atoms with van der Waals surface area (Å²) in [4.78, 5) is 0. The fraction of sp³-hybridized carbons (Fsp3) is 0.500. The second kappa shape index (κ2) is 6.98. The summed E-state index contributed by atoms with van der Waals surface area (Å²) in [7, 11) is 0. The Labute approximate surface area is 125 Å². The number of benzene rings is 1. The van der Waals surface area contributed by atoms with E-state index in [-0.39, 0.29) is 12.4 Å². The second-order valence-corrected chi connectivity index (χ2v) is 5.69. The summed E-state index contributed by atoms with van der Waals surface area (Å²) in [6, 6.07) is 4.97. The summed E-state index contributed by atoms with van der Waals surface area (Å²) in [5, 5.41) is 3.50. The molecule has 0 atom stereocenters. The summed E-state index contributed by atoms with van der Waals surface area (Å²) < 4.78 is 7.57. The molecule has 1 aliphatic carbocycles. The van der Waals surface area contributed by atoms with Gasteiger partial charge in [-0.15, -0.1) is 12.4 Å². The van der Waals surface area contributed by atoms with Gasteiger partial charge in [-0.25, -0.2) is 0 Å². The van der Waals surface area contributed by atoms with Crippen LogP contribution in [0.5, 0.6) is 5.75 Å². The van der Waals surface area contributed by atoms with Crippen LogP contribution in [0, 0.1) is 0 Å². The molecule has 0 bridgehead atoms. The largest absolute Gasteiger partial charge is 0.492 e. The predicted octanol–water partition coefficient (Wildman–Crippen LogP) is 4.28. The first kappa shape index (κ1) is 15.3. The van der Waals surface area contributed by atoms with Crippen LogP contribution in [-0.4, -0.2) is 12.6 Å². The highest BCUT2D eigenvalue weighted by Gasteiger charge is 2.20. The molecule has 1 N–H and O–H groups in total. The maximum Gasteiger partial charge on any atom is 0.147 e. The lowest BCUT2D eigenvalue weighted by molar-refractivity contribution is 0.336. The van der Waals surface area contributed by atoms with E-state index in [1.807, 2.05) is 6.92 Å². The Morgan fingerprint density at radius 2 is 1.88 bits per heavy atom. The van der Waals surface area contributed by atoms with Gasteiger partial charge in [0.15, 0.2) is 0 Å². The van der Waals surface area contributed by atoms with Gasteiger partial charge in [0, 0.05) is 12.6 Å². The Morgan fingerprint density at radius 1 is 1.29 bits per heavy atom. The van der Waals surface area contributed by atoms with Crippen LogP contribution >= 0.6 is 44.3 Å². The highest BCUT2D eigenvalue weighted by Crippen LogP contribution is 2.35. The molecule has 1 aromatic carbocycles. The van der Waals surface area contributed by atoms with Gasteiger partial charge in [0.25, 0.3) is 0 Å². The van der Waals surface area contributed by atoms with Crippen LogP contribution in [0.25, 0.3) is 0 Å². The lowest BCUT2D eigenvalue weighted by atomic mass is 10.2. The van der Waals surface area contributed by atoms with Crippen molar-refractivity contribution in [2.45, 2.75) is 32.4 Å². The van der Waals surface area contributed by atoms with Crippen LogP contribution in [-0.2, 0) is 6.54 Å². The minimum Gasteiger partial charge on any atom is -0.492 e. The van der Waals surface area contributed by atoms with Crippen molar-refractivity contribution in [1.82, 2.24) is 5.32 Å². The number of nitrogens with one attached hydrogen (secondary N) is 1. The molecular weight excluding hydrogens is 369 g/mol. The van der Waals surface area contributed by atoms with Gasteiger partial charge in [-0.1, -0.05) is 0 Å². The van der Waals surface area contributed by atoms with Crippen LogP contribution in [0.3, 0.4) is 0 Å². The monoisotopic (exact) mass is 383 g/mol. The van der Waals surface area contributed by atoms with E-state index in [1.165, 1.54) is 18.4 Å². The van der Waals surface area contributed by atoms with Crippen molar-refractivity contribution in [2.75, 3.05) is 6.61 Å². The first-order valence-corrected chi connectivity index (χ1v) is 7.13. The van der Waals surface area contributed by atoms with E-state index in [2.05, 4.69) is 49.3 Å². The third kappa shape index (κ3) is 4.43. The molecule has 1 saturated carbocycles. The Kier molecular flexibility index (Phi) is 6.27. The van der Waals surface area contributed by atoms with Crippen molar-refractivity contribution in [1.29, 1.82) is 0 Å². The zero-order valence-electron chi connectivity index (χ0n) is 9.63. The molecule has 1 aliphatic rings. The Bertz CT molecular complexity index is 360. The third-order valence-corrected chi connectivity index (χ3v) is 3.70. The van der Waals surface area contributed by atoms with E-state index in [0.29, 0.717) is 6.61 Å². The number of halogens is 3. The first-order valence-electron chi connectivity index (χ1n) is 5.54. The zero-order chi connectivity index (χ0) is 11.5. The van der Waals surface area contributed by atoms with Gasteiger partial charge in [0.05, 0.1) is 15.6 Å². The SMILES string of the molecule is CCOc1c(Br)cc(CNC2CC2)cc1Br.Cl. The van der Waals surface area contributed by atoms with E-state index < -0.39 is 0 Å². The van der Waals surface area contributed by atoms with Crippen LogP contribution in [0.2, 0.25) is 0 Å². The molecule has 2 rings (SSSR count). The minimum absolute atomic E-state index is 0. The number of hydrogen-bond donors (Lipinski definition) is 1. The van der Waals surface area contributed by atoms with Gasteiger partial charge in [-0.3, -0.25) is 0 Å². The molecule has 0 unspecified atom stereocenters. The Hall–Kier alpha value is 0.230. The maximum absolute atomic E-state index is 5.55. The minimum atomic E-state index is 0. The summed E-state index contributed by atoms with van der Waals surface area (Å²) >= 11 is 7.08. The molecule has 0 heterocycles. The van der Waals surface area contributed by atoms with Gasteiger partial charge >= 0.3 is 0 Å². The number of ether oxygens (including phenoxy) is 1. The quantitative estimate of drug-likeness (QED) is 0.817. The highest BCUT2D eigenvalue weighted by molar-refractivity contribution is 9.11. The van der Waals surface area contributed by atoms with Gasteiger partial charge in [-0.2, -0.15) is 0 Å². The number of hydrogen-bond acceptors (Lipinski definition) is 2. The molecule has 0 spiro atoms. The molecular formula is C12H16Br2ClNO. The molecule has 0 aromatic heterocycles. The predicted molar refractivity (Wildman–Crippen MR) is 80.1 cm³/mol. The molecule has 0 aliphatic heterocycles. The summed E-state index contributed by atoms with van der Waals surface area (Å²) in [5.41, 5.74) is 1.27. The third-order valence-electron chi connectivity index (χ3n) is 2.52. The lowest BCUT2D eigenvalue weighted by Crippen LogP contribution is -2.15. The highest BCUT2D eigenvalue weighted by atomic mass is 79.9. The van der Waals surface area contributed by atoms with Gasteiger partial charge in [0.1, 0.15) is 5.75 Å². The average molecular weight is 386 g/mol. The van der Waals surface area contributed by atoms with Crippen molar-refractivity contribution in [3.8, 4) is 5.75 Å². The molecule has 5 heteroatoms. The summed E-state index contributed by atoms with van der Waals surface area (Å²) in [5.74, 6) is 0.887. The average Bonchev–Trinajstić information content (AvgIpc) is 3.04. The van der Waals surface area contributed by atoms with Crippen LogP contribution in [0.4, 0.5) is 0 Å². The van der Waals surface area contributed by atoms with Crippen molar-refractivity contribution < 1.29 is 4.74 Å². The molecule has 2 nitrogen and oxygen atoms in total. The molecule has 0 amide bonds. The van der Waals surface area contributed by atoms with E-state index in [1.54, 1.807) is 0 Å². The fourth-order valence-electron chi connectivity index (χ4n) is 1.55. The van der Waals surface area contributed by atoms with Crippen molar-refractivity contribution >= 4 is 44.3 Å². The summed E-state index contributed by atoms with van der Waals surface area (Å²) in [6.07, 6.45) is 2.64. The zero-order valence-corrected chi connectivity index (χ0v) is 13.6. The smallest absolute Gasteiger partial charge is 0.147 e.